The fraction of sp³-hybridized carbons (Fsp3) is 0.533. The van der Waals surface area contributed by atoms with E-state index >= 15 is 0 Å². The van der Waals surface area contributed by atoms with Gasteiger partial charge in [0.1, 0.15) is 0 Å². The predicted octanol–water partition coefficient (Wildman–Crippen LogP) is 2.46. The Morgan fingerprint density at radius 1 is 1.37 bits per heavy atom. The van der Waals surface area contributed by atoms with E-state index in [4.69, 9.17) is 5.73 Å². The molecule has 19 heavy (non-hydrogen) atoms. The average molecular weight is 263 g/mol. The smallest absolute Gasteiger partial charge is 0.224 e. The summed E-state index contributed by atoms with van der Waals surface area (Å²) in [6, 6.07) is 7.84. The molecular weight excluding hydrogens is 238 g/mol. The Hall–Kier alpha value is -1.55. The zero-order valence-electron chi connectivity index (χ0n) is 12.1. The van der Waals surface area contributed by atoms with Crippen molar-refractivity contribution in [3.8, 4) is 0 Å². The lowest BCUT2D eigenvalue weighted by molar-refractivity contribution is -0.116. The van der Waals surface area contributed by atoms with Crippen LogP contribution in [0.4, 0.5) is 11.4 Å². The largest absolute Gasteiger partial charge is 0.378 e. The molecule has 0 heterocycles. The number of nitrogens with zero attached hydrogens (tertiary/aromatic N) is 1. The van der Waals surface area contributed by atoms with Crippen LogP contribution in [0.25, 0.3) is 0 Å². The summed E-state index contributed by atoms with van der Waals surface area (Å²) in [6.07, 6.45) is 2.41. The third kappa shape index (κ3) is 5.75. The Morgan fingerprint density at radius 2 is 2.11 bits per heavy atom. The molecule has 0 aliphatic rings. The highest BCUT2D eigenvalue weighted by Gasteiger charge is 2.07. The first-order valence-corrected chi connectivity index (χ1v) is 6.80. The maximum Gasteiger partial charge on any atom is 0.224 e. The molecule has 0 spiro atoms. The van der Waals surface area contributed by atoms with E-state index in [0.29, 0.717) is 18.9 Å². The van der Waals surface area contributed by atoms with E-state index in [1.54, 1.807) is 0 Å². The van der Waals surface area contributed by atoms with Crippen LogP contribution in [0.2, 0.25) is 0 Å². The Bertz CT molecular complexity index is 404. The molecule has 1 aromatic carbocycles. The number of carbonyl (C=O) groups is 1. The van der Waals surface area contributed by atoms with E-state index in [9.17, 15) is 4.79 Å². The summed E-state index contributed by atoms with van der Waals surface area (Å²) in [6.45, 7) is 2.82. The molecule has 0 bridgehead atoms. The first-order chi connectivity index (χ1) is 9.02. The van der Waals surface area contributed by atoms with E-state index < -0.39 is 0 Å². The summed E-state index contributed by atoms with van der Waals surface area (Å²) < 4.78 is 0. The molecule has 4 heteroatoms. The molecule has 0 saturated carbocycles. The number of amides is 1. The van der Waals surface area contributed by atoms with Crippen molar-refractivity contribution in [2.24, 2.45) is 11.7 Å². The van der Waals surface area contributed by atoms with Crippen LogP contribution in [0.3, 0.4) is 0 Å². The van der Waals surface area contributed by atoms with Gasteiger partial charge in [-0.15, -0.1) is 0 Å². The highest BCUT2D eigenvalue weighted by atomic mass is 16.1. The lowest BCUT2D eigenvalue weighted by Crippen LogP contribution is -2.15. The van der Waals surface area contributed by atoms with Gasteiger partial charge in [0, 0.05) is 31.9 Å². The van der Waals surface area contributed by atoms with Gasteiger partial charge < -0.3 is 16.0 Å². The number of hydrogen-bond donors (Lipinski definition) is 2. The molecule has 0 aromatic heterocycles. The molecule has 1 amide bonds. The minimum Gasteiger partial charge on any atom is -0.378 e. The Morgan fingerprint density at radius 3 is 2.74 bits per heavy atom. The van der Waals surface area contributed by atoms with Gasteiger partial charge in [0.2, 0.25) is 5.91 Å². The maximum absolute atomic E-state index is 11.8. The van der Waals surface area contributed by atoms with Gasteiger partial charge in [0.25, 0.3) is 0 Å². The summed E-state index contributed by atoms with van der Waals surface area (Å²) >= 11 is 0. The van der Waals surface area contributed by atoms with Gasteiger partial charge in [-0.2, -0.15) is 0 Å². The van der Waals surface area contributed by atoms with Crippen molar-refractivity contribution in [2.75, 3.05) is 30.9 Å². The summed E-state index contributed by atoms with van der Waals surface area (Å²) in [5, 5.41) is 2.94. The molecule has 3 N–H and O–H groups in total. The van der Waals surface area contributed by atoms with Crippen molar-refractivity contribution in [3.63, 3.8) is 0 Å². The van der Waals surface area contributed by atoms with E-state index in [1.165, 1.54) is 0 Å². The number of rotatable bonds is 7. The molecule has 0 radical (unpaired) electrons. The molecule has 1 atom stereocenters. The molecule has 1 rings (SSSR count). The third-order valence-electron chi connectivity index (χ3n) is 3.17. The van der Waals surface area contributed by atoms with Gasteiger partial charge in [0.15, 0.2) is 0 Å². The van der Waals surface area contributed by atoms with Gasteiger partial charge in [-0.1, -0.05) is 13.0 Å². The lowest BCUT2D eigenvalue weighted by Gasteiger charge is -2.14. The Balaban J connectivity index is 2.46. The molecule has 0 saturated heterocycles. The van der Waals surface area contributed by atoms with E-state index in [0.717, 1.165) is 24.2 Å². The molecule has 1 unspecified atom stereocenters. The Labute approximate surface area is 116 Å². The number of anilines is 2. The minimum absolute atomic E-state index is 0.0692. The van der Waals surface area contributed by atoms with Crippen LogP contribution in [-0.4, -0.2) is 26.5 Å². The number of benzene rings is 1. The summed E-state index contributed by atoms with van der Waals surface area (Å²) in [4.78, 5) is 13.9. The minimum atomic E-state index is 0.0692. The molecule has 1 aromatic rings. The molecule has 0 aliphatic carbocycles. The summed E-state index contributed by atoms with van der Waals surface area (Å²) in [7, 11) is 3.96. The zero-order chi connectivity index (χ0) is 14.3. The average Bonchev–Trinajstić information content (AvgIpc) is 2.37. The number of nitrogens with one attached hydrogen (secondary N) is 1. The topological polar surface area (TPSA) is 58.4 Å². The van der Waals surface area contributed by atoms with Crippen molar-refractivity contribution in [1.29, 1.82) is 0 Å². The molecule has 106 valence electrons. The predicted molar refractivity (Wildman–Crippen MR) is 81.5 cm³/mol. The summed E-state index contributed by atoms with van der Waals surface area (Å²) in [5.41, 5.74) is 7.43. The molecule has 4 nitrogen and oxygen atoms in total. The fourth-order valence-electron chi connectivity index (χ4n) is 1.89. The fourth-order valence-corrected chi connectivity index (χ4v) is 1.89. The van der Waals surface area contributed by atoms with Gasteiger partial charge in [-0.25, -0.2) is 0 Å². The Kier molecular flexibility index (Phi) is 6.36. The first-order valence-electron chi connectivity index (χ1n) is 6.80. The molecule has 0 aliphatic heterocycles. The second-order valence-electron chi connectivity index (χ2n) is 5.21. The quantitative estimate of drug-likeness (QED) is 0.794. The zero-order valence-corrected chi connectivity index (χ0v) is 12.1. The summed E-state index contributed by atoms with van der Waals surface area (Å²) in [5.74, 6) is 0.573. The highest BCUT2D eigenvalue weighted by molar-refractivity contribution is 5.91. The molecule has 0 fully saturated rings. The monoisotopic (exact) mass is 263 g/mol. The van der Waals surface area contributed by atoms with Gasteiger partial charge in [-0.3, -0.25) is 4.79 Å². The SMILES string of the molecule is CC(CCN)CCC(=O)Nc1cccc(N(C)C)c1. The number of carbonyl (C=O) groups excluding carboxylic acids is 1. The number of nitrogens with two attached hydrogens (primary N) is 1. The van der Waals surface area contributed by atoms with Crippen LogP contribution in [0.5, 0.6) is 0 Å². The van der Waals surface area contributed by atoms with Crippen LogP contribution >= 0.6 is 0 Å². The van der Waals surface area contributed by atoms with Crippen LogP contribution in [-0.2, 0) is 4.79 Å². The van der Waals surface area contributed by atoms with Crippen LogP contribution in [0, 0.1) is 5.92 Å². The van der Waals surface area contributed by atoms with Gasteiger partial charge in [-0.05, 0) is 43.5 Å². The first kappa shape index (κ1) is 15.5. The van der Waals surface area contributed by atoms with Crippen molar-refractivity contribution >= 4 is 17.3 Å². The van der Waals surface area contributed by atoms with Gasteiger partial charge >= 0.3 is 0 Å². The lowest BCUT2D eigenvalue weighted by atomic mass is 10.0. The van der Waals surface area contributed by atoms with Crippen molar-refractivity contribution < 1.29 is 4.79 Å². The van der Waals surface area contributed by atoms with Crippen molar-refractivity contribution in [3.05, 3.63) is 24.3 Å². The van der Waals surface area contributed by atoms with Crippen molar-refractivity contribution in [1.82, 2.24) is 0 Å². The van der Waals surface area contributed by atoms with Crippen LogP contribution < -0.4 is 16.0 Å². The van der Waals surface area contributed by atoms with E-state index in [-0.39, 0.29) is 5.91 Å². The normalized spacial score (nSPS) is 12.0. The standard InChI is InChI=1S/C15H25N3O/c1-12(9-10-16)7-8-15(19)17-13-5-4-6-14(11-13)18(2)3/h4-6,11-12H,7-10,16H2,1-3H3,(H,17,19). The van der Waals surface area contributed by atoms with Crippen LogP contribution in [0.1, 0.15) is 26.2 Å². The van der Waals surface area contributed by atoms with Crippen LogP contribution in [0.15, 0.2) is 24.3 Å². The third-order valence-corrected chi connectivity index (χ3v) is 3.17. The second-order valence-corrected chi connectivity index (χ2v) is 5.21. The van der Waals surface area contributed by atoms with E-state index in [1.807, 2.05) is 43.3 Å². The number of hydrogen-bond acceptors (Lipinski definition) is 3. The second kappa shape index (κ2) is 7.79. The molecular formula is C15H25N3O. The van der Waals surface area contributed by atoms with Crippen molar-refractivity contribution in [2.45, 2.75) is 26.2 Å². The maximum atomic E-state index is 11.8. The van der Waals surface area contributed by atoms with E-state index in [2.05, 4.69) is 12.2 Å². The highest BCUT2D eigenvalue weighted by Crippen LogP contribution is 2.18. The van der Waals surface area contributed by atoms with Gasteiger partial charge in [0.05, 0.1) is 0 Å².